The van der Waals surface area contributed by atoms with Crippen LogP contribution in [0.4, 0.5) is 5.69 Å². The van der Waals surface area contributed by atoms with Crippen molar-refractivity contribution in [2.45, 2.75) is 50.5 Å². The molecule has 0 saturated carbocycles. The lowest BCUT2D eigenvalue weighted by molar-refractivity contribution is 0.0940. The Balaban J connectivity index is 1.81. The summed E-state index contributed by atoms with van der Waals surface area (Å²) < 4.78 is 27.3. The van der Waals surface area contributed by atoms with Gasteiger partial charge < -0.3 is 10.6 Å². The molecular weight excluding hydrogens is 414 g/mol. The number of hydrogen-bond donors (Lipinski definition) is 2. The molecule has 0 radical (unpaired) electrons. The second-order valence-corrected chi connectivity index (χ2v) is 9.71. The molecule has 3 rings (SSSR count). The van der Waals surface area contributed by atoms with Gasteiger partial charge in [-0.2, -0.15) is 4.31 Å². The van der Waals surface area contributed by atoms with E-state index in [9.17, 15) is 18.0 Å². The highest BCUT2D eigenvalue weighted by atomic mass is 32.2. The van der Waals surface area contributed by atoms with Gasteiger partial charge in [0.1, 0.15) is 0 Å². The molecule has 8 heteroatoms. The minimum Gasteiger partial charge on any atom is -0.350 e. The van der Waals surface area contributed by atoms with Crippen LogP contribution >= 0.6 is 0 Å². The summed E-state index contributed by atoms with van der Waals surface area (Å²) in [5.41, 5.74) is 0.945. The van der Waals surface area contributed by atoms with Crippen LogP contribution < -0.4 is 10.6 Å². The number of piperidine rings is 1. The Morgan fingerprint density at radius 2 is 1.71 bits per heavy atom. The number of benzene rings is 2. The number of rotatable bonds is 7. The van der Waals surface area contributed by atoms with Crippen LogP contribution in [0.15, 0.2) is 53.4 Å². The summed E-state index contributed by atoms with van der Waals surface area (Å²) >= 11 is 0. The predicted molar refractivity (Wildman–Crippen MR) is 121 cm³/mol. The van der Waals surface area contributed by atoms with Gasteiger partial charge in [-0.15, -0.1) is 0 Å². The summed E-state index contributed by atoms with van der Waals surface area (Å²) in [6.07, 6.45) is 3.50. The third kappa shape index (κ3) is 5.51. The van der Waals surface area contributed by atoms with Crippen molar-refractivity contribution < 1.29 is 18.0 Å². The molecule has 1 fully saturated rings. The van der Waals surface area contributed by atoms with Crippen LogP contribution in [-0.4, -0.2) is 43.7 Å². The molecule has 1 atom stereocenters. The zero-order chi connectivity index (χ0) is 22.4. The normalized spacial score (nSPS) is 15.8. The summed E-state index contributed by atoms with van der Waals surface area (Å²) in [6, 6.07) is 12.8. The number of hydrogen-bond acceptors (Lipinski definition) is 4. The highest BCUT2D eigenvalue weighted by Gasteiger charge is 2.26. The van der Waals surface area contributed by atoms with E-state index in [4.69, 9.17) is 0 Å². The van der Waals surface area contributed by atoms with Crippen LogP contribution in [-0.2, 0) is 10.0 Å². The average Bonchev–Trinajstić information content (AvgIpc) is 2.80. The summed E-state index contributed by atoms with van der Waals surface area (Å²) in [7, 11) is -3.64. The lowest BCUT2D eigenvalue weighted by Gasteiger charge is -2.26. The Bertz CT molecular complexity index is 1050. The maximum Gasteiger partial charge on any atom is 0.255 e. The standard InChI is InChI=1S/C23H29N3O4S/c1-3-17(2)24-23(28)20-12-5-6-13-21(20)25-22(27)18-10-9-11-19(16-18)31(29,30)26-14-7-4-8-15-26/h5-6,9-13,16-17H,3-4,7-8,14-15H2,1-2H3,(H,24,28)(H,25,27)/t17-/m0/s1. The first-order chi connectivity index (χ1) is 14.8. The van der Waals surface area contributed by atoms with Crippen LogP contribution in [0.3, 0.4) is 0 Å². The van der Waals surface area contributed by atoms with Crippen LogP contribution in [0.1, 0.15) is 60.2 Å². The molecule has 1 aliphatic heterocycles. The lowest BCUT2D eigenvalue weighted by atomic mass is 10.1. The molecule has 0 unspecified atom stereocenters. The van der Waals surface area contributed by atoms with E-state index in [1.807, 2.05) is 13.8 Å². The minimum absolute atomic E-state index is 0.00735. The largest absolute Gasteiger partial charge is 0.350 e. The summed E-state index contributed by atoms with van der Waals surface area (Å²) in [5, 5.41) is 5.64. The molecule has 166 valence electrons. The molecule has 1 heterocycles. The van der Waals surface area contributed by atoms with Crippen LogP contribution in [0.5, 0.6) is 0 Å². The molecule has 31 heavy (non-hydrogen) atoms. The molecule has 1 aliphatic rings. The molecule has 0 aliphatic carbocycles. The Labute approximate surface area is 183 Å². The Hall–Kier alpha value is -2.71. The number of anilines is 1. The zero-order valence-electron chi connectivity index (χ0n) is 17.9. The molecule has 2 aromatic carbocycles. The van der Waals surface area contributed by atoms with Gasteiger partial charge in [-0.25, -0.2) is 8.42 Å². The van der Waals surface area contributed by atoms with Crippen molar-refractivity contribution in [1.82, 2.24) is 9.62 Å². The lowest BCUT2D eigenvalue weighted by Crippen LogP contribution is -2.35. The van der Waals surface area contributed by atoms with Gasteiger partial charge >= 0.3 is 0 Å². The zero-order valence-corrected chi connectivity index (χ0v) is 18.7. The second kappa shape index (κ2) is 10.1. The molecule has 1 saturated heterocycles. The molecule has 2 N–H and O–H groups in total. The van der Waals surface area contributed by atoms with Crippen molar-refractivity contribution in [3.05, 3.63) is 59.7 Å². The Kier molecular flexibility index (Phi) is 7.46. The van der Waals surface area contributed by atoms with Gasteiger partial charge in [-0.1, -0.05) is 31.5 Å². The Morgan fingerprint density at radius 1 is 1.00 bits per heavy atom. The van der Waals surface area contributed by atoms with Crippen molar-refractivity contribution in [2.75, 3.05) is 18.4 Å². The highest BCUT2D eigenvalue weighted by Crippen LogP contribution is 2.22. The number of amides is 2. The van der Waals surface area contributed by atoms with E-state index in [-0.39, 0.29) is 22.4 Å². The molecule has 7 nitrogen and oxygen atoms in total. The van der Waals surface area contributed by atoms with E-state index >= 15 is 0 Å². The fraction of sp³-hybridized carbons (Fsp3) is 0.391. The maximum atomic E-state index is 12.9. The van der Waals surface area contributed by atoms with E-state index in [1.54, 1.807) is 36.4 Å². The molecular formula is C23H29N3O4S. The number of nitrogens with one attached hydrogen (secondary N) is 2. The molecule has 0 aromatic heterocycles. The highest BCUT2D eigenvalue weighted by molar-refractivity contribution is 7.89. The van der Waals surface area contributed by atoms with E-state index in [1.165, 1.54) is 16.4 Å². The fourth-order valence-corrected chi connectivity index (χ4v) is 5.00. The number of carbonyl (C=O) groups excluding carboxylic acids is 2. The van der Waals surface area contributed by atoms with Crippen LogP contribution in [0, 0.1) is 0 Å². The van der Waals surface area contributed by atoms with Gasteiger partial charge in [0.2, 0.25) is 10.0 Å². The van der Waals surface area contributed by atoms with Crippen LogP contribution in [0.2, 0.25) is 0 Å². The van der Waals surface area contributed by atoms with Gasteiger partial charge in [-0.3, -0.25) is 9.59 Å². The summed E-state index contributed by atoms with van der Waals surface area (Å²) in [5.74, 6) is -0.744. The first-order valence-corrected chi connectivity index (χ1v) is 12.1. The molecule has 2 amide bonds. The summed E-state index contributed by atoms with van der Waals surface area (Å²) in [4.78, 5) is 25.5. The molecule has 2 aromatic rings. The van der Waals surface area contributed by atoms with Crippen molar-refractivity contribution in [1.29, 1.82) is 0 Å². The molecule has 0 spiro atoms. The van der Waals surface area contributed by atoms with Crippen molar-refractivity contribution >= 4 is 27.5 Å². The van der Waals surface area contributed by atoms with Crippen molar-refractivity contribution in [3.63, 3.8) is 0 Å². The van der Waals surface area contributed by atoms with Crippen LogP contribution in [0.25, 0.3) is 0 Å². The second-order valence-electron chi connectivity index (χ2n) is 7.78. The fourth-order valence-electron chi connectivity index (χ4n) is 3.44. The van der Waals surface area contributed by atoms with Gasteiger partial charge in [0.15, 0.2) is 0 Å². The predicted octanol–water partition coefficient (Wildman–Crippen LogP) is 3.64. The van der Waals surface area contributed by atoms with E-state index in [0.717, 1.165) is 25.7 Å². The van der Waals surface area contributed by atoms with Gasteiger partial charge in [-0.05, 0) is 56.5 Å². The SMILES string of the molecule is CC[C@H](C)NC(=O)c1ccccc1NC(=O)c1cccc(S(=O)(=O)N2CCCCC2)c1. The monoisotopic (exact) mass is 443 g/mol. The minimum atomic E-state index is -3.64. The number of sulfonamides is 1. The van der Waals surface area contributed by atoms with E-state index < -0.39 is 15.9 Å². The van der Waals surface area contributed by atoms with Crippen molar-refractivity contribution in [2.24, 2.45) is 0 Å². The van der Waals surface area contributed by atoms with Gasteiger partial charge in [0.25, 0.3) is 11.8 Å². The molecule has 0 bridgehead atoms. The number of nitrogens with zero attached hydrogens (tertiary/aromatic N) is 1. The Morgan fingerprint density at radius 3 is 2.42 bits per heavy atom. The van der Waals surface area contributed by atoms with Gasteiger partial charge in [0.05, 0.1) is 16.1 Å². The first-order valence-electron chi connectivity index (χ1n) is 10.6. The topological polar surface area (TPSA) is 95.6 Å². The maximum absolute atomic E-state index is 12.9. The number of para-hydroxylation sites is 1. The third-order valence-electron chi connectivity index (χ3n) is 5.46. The number of carbonyl (C=O) groups is 2. The first kappa shape index (κ1) is 23.0. The van der Waals surface area contributed by atoms with E-state index in [2.05, 4.69) is 10.6 Å². The summed E-state index contributed by atoms with van der Waals surface area (Å²) in [6.45, 7) is 4.88. The van der Waals surface area contributed by atoms with E-state index in [0.29, 0.717) is 24.3 Å². The average molecular weight is 444 g/mol. The third-order valence-corrected chi connectivity index (χ3v) is 7.35. The van der Waals surface area contributed by atoms with Gasteiger partial charge in [0, 0.05) is 24.7 Å². The quantitative estimate of drug-likeness (QED) is 0.683. The van der Waals surface area contributed by atoms with Crippen molar-refractivity contribution in [3.8, 4) is 0 Å². The smallest absolute Gasteiger partial charge is 0.255 e.